The Labute approximate surface area is 224 Å². The number of amides is 1. The van der Waals surface area contributed by atoms with Crippen molar-refractivity contribution in [2.75, 3.05) is 6.54 Å². The maximum atomic E-state index is 14.2. The molecule has 12 nitrogen and oxygen atoms in total. The monoisotopic (exact) mass is 538 g/mol. The first kappa shape index (κ1) is 25.5. The van der Waals surface area contributed by atoms with Gasteiger partial charge in [-0.25, -0.2) is 9.78 Å². The Morgan fingerprint density at radius 3 is 2.56 bits per heavy atom. The normalized spacial score (nSPS) is 34.9. The van der Waals surface area contributed by atoms with Crippen LogP contribution in [-0.2, 0) is 35.1 Å². The molecule has 0 bridgehead atoms. The van der Waals surface area contributed by atoms with Gasteiger partial charge >= 0.3 is 17.9 Å². The molecule has 39 heavy (non-hydrogen) atoms. The van der Waals surface area contributed by atoms with Crippen LogP contribution in [0.4, 0.5) is 0 Å². The SMILES string of the molecule is CC(C)(C)[C@]1(O)C[C@@H]2OC(=O)C[C@@]23C(=O)O[C@@H]2N(CCCn4cncn4)C(=O)[C@H](OC(=O)c4ccccc4)[C@]213. The van der Waals surface area contributed by atoms with E-state index in [2.05, 4.69) is 10.1 Å². The molecule has 4 aliphatic rings. The summed E-state index contributed by atoms with van der Waals surface area (Å²) in [5.74, 6) is -2.75. The molecule has 6 atom stereocenters. The lowest BCUT2D eigenvalue weighted by atomic mass is 9.52. The van der Waals surface area contributed by atoms with E-state index in [0.29, 0.717) is 13.0 Å². The molecular weight excluding hydrogens is 508 g/mol. The first-order chi connectivity index (χ1) is 18.5. The molecule has 1 aromatic carbocycles. The van der Waals surface area contributed by atoms with Crippen molar-refractivity contribution in [3.63, 3.8) is 0 Å². The average molecular weight is 539 g/mol. The molecule has 6 rings (SSSR count). The summed E-state index contributed by atoms with van der Waals surface area (Å²) in [5, 5.41) is 16.7. The zero-order chi connectivity index (χ0) is 27.8. The quantitative estimate of drug-likeness (QED) is 0.418. The third-order valence-electron chi connectivity index (χ3n) is 9.05. The van der Waals surface area contributed by atoms with Gasteiger partial charge in [-0.05, 0) is 24.0 Å². The van der Waals surface area contributed by atoms with Crippen molar-refractivity contribution in [1.82, 2.24) is 19.7 Å². The van der Waals surface area contributed by atoms with Crippen LogP contribution in [0.15, 0.2) is 43.0 Å². The summed E-state index contributed by atoms with van der Waals surface area (Å²) in [6.45, 7) is 5.89. The van der Waals surface area contributed by atoms with Crippen LogP contribution in [0, 0.1) is 16.2 Å². The van der Waals surface area contributed by atoms with E-state index in [4.69, 9.17) is 14.2 Å². The van der Waals surface area contributed by atoms with Gasteiger partial charge in [0.2, 0.25) is 0 Å². The summed E-state index contributed by atoms with van der Waals surface area (Å²) in [5.41, 5.74) is -6.01. The lowest BCUT2D eigenvalue weighted by Crippen LogP contribution is -2.66. The average Bonchev–Trinajstić information content (AvgIpc) is 3.65. The van der Waals surface area contributed by atoms with Crippen LogP contribution in [0.25, 0.3) is 0 Å². The fraction of sp³-hybridized carbons (Fsp3) is 0.556. The van der Waals surface area contributed by atoms with Crippen LogP contribution in [0.1, 0.15) is 50.4 Å². The Morgan fingerprint density at radius 2 is 1.90 bits per heavy atom. The highest BCUT2D eigenvalue weighted by Crippen LogP contribution is 2.76. The number of esters is 3. The highest BCUT2D eigenvalue weighted by molar-refractivity contribution is 5.99. The predicted octanol–water partition coefficient (Wildman–Crippen LogP) is 1.09. The molecule has 0 unspecified atom stereocenters. The third-order valence-corrected chi connectivity index (χ3v) is 9.05. The Kier molecular flexibility index (Phi) is 5.45. The van der Waals surface area contributed by atoms with E-state index < -0.39 is 64.1 Å². The number of carbonyl (C=O) groups is 4. The fourth-order valence-electron chi connectivity index (χ4n) is 7.32. The Hall–Kier alpha value is -3.80. The molecule has 2 spiro atoms. The molecule has 1 aromatic heterocycles. The third kappa shape index (κ3) is 3.14. The minimum atomic E-state index is -1.79. The molecule has 1 N–H and O–H groups in total. The molecule has 4 heterocycles. The van der Waals surface area contributed by atoms with Gasteiger partial charge in [-0.3, -0.25) is 19.1 Å². The van der Waals surface area contributed by atoms with Crippen LogP contribution in [-0.4, -0.2) is 79.2 Å². The van der Waals surface area contributed by atoms with Crippen molar-refractivity contribution in [3.05, 3.63) is 48.5 Å². The van der Waals surface area contributed by atoms with Gasteiger partial charge in [0, 0.05) is 19.5 Å². The van der Waals surface area contributed by atoms with E-state index in [1.807, 2.05) is 0 Å². The molecule has 206 valence electrons. The number of hydrogen-bond acceptors (Lipinski definition) is 10. The largest absolute Gasteiger partial charge is 0.461 e. The molecule has 3 aliphatic heterocycles. The number of aromatic nitrogens is 3. The molecule has 12 heteroatoms. The standard InChI is InChI=1S/C27H30N4O8/c1-24(2,3)26(36)12-17-25(13-18(32)37-17)23(35)39-22-27(25,26)19(38-21(34)16-8-5-4-6-9-16)20(33)31(22)11-7-10-30-15-28-14-29-30/h4-6,8-9,14-15,17,19,22,36H,7,10-13H2,1-3H3/t17-,19-,22-,25-,26+,27+/m0/s1. The van der Waals surface area contributed by atoms with Crippen LogP contribution in [0.5, 0.6) is 0 Å². The van der Waals surface area contributed by atoms with E-state index >= 15 is 0 Å². The second kappa shape index (κ2) is 8.35. The number of ether oxygens (including phenoxy) is 3. The summed E-state index contributed by atoms with van der Waals surface area (Å²) in [6.07, 6.45) is -1.04. The number of hydrogen-bond donors (Lipinski definition) is 1. The number of nitrogens with zero attached hydrogens (tertiary/aromatic N) is 4. The molecule has 1 aliphatic carbocycles. The minimum absolute atomic E-state index is 0.104. The first-order valence-electron chi connectivity index (χ1n) is 13.0. The lowest BCUT2D eigenvalue weighted by molar-refractivity contribution is -0.212. The first-order valence-corrected chi connectivity index (χ1v) is 13.0. The molecule has 3 saturated heterocycles. The van der Waals surface area contributed by atoms with E-state index in [9.17, 15) is 24.3 Å². The van der Waals surface area contributed by atoms with Gasteiger partial charge in [0.15, 0.2) is 12.3 Å². The van der Waals surface area contributed by atoms with Gasteiger partial charge in [-0.2, -0.15) is 5.10 Å². The van der Waals surface area contributed by atoms with Crippen molar-refractivity contribution >= 4 is 23.8 Å². The van der Waals surface area contributed by atoms with Crippen LogP contribution >= 0.6 is 0 Å². The van der Waals surface area contributed by atoms with E-state index in [-0.39, 0.29) is 24.9 Å². The number of aryl methyl sites for hydroxylation is 1. The second-order valence-electron chi connectivity index (χ2n) is 11.8. The van der Waals surface area contributed by atoms with Crippen LogP contribution in [0.2, 0.25) is 0 Å². The van der Waals surface area contributed by atoms with Gasteiger partial charge < -0.3 is 24.2 Å². The maximum absolute atomic E-state index is 14.2. The van der Waals surface area contributed by atoms with Gasteiger partial charge in [0.25, 0.3) is 5.91 Å². The van der Waals surface area contributed by atoms with Crippen molar-refractivity contribution in [3.8, 4) is 0 Å². The number of benzene rings is 1. The number of likely N-dealkylation sites (tertiary alicyclic amines) is 1. The molecule has 0 radical (unpaired) electrons. The van der Waals surface area contributed by atoms with E-state index in [1.165, 1.54) is 11.2 Å². The Morgan fingerprint density at radius 1 is 1.15 bits per heavy atom. The molecular formula is C27H30N4O8. The summed E-state index contributed by atoms with van der Waals surface area (Å²) in [4.78, 5) is 59.3. The predicted molar refractivity (Wildman–Crippen MR) is 130 cm³/mol. The van der Waals surface area contributed by atoms with Crippen molar-refractivity contribution in [2.24, 2.45) is 16.2 Å². The van der Waals surface area contributed by atoms with Gasteiger partial charge in [-0.15, -0.1) is 0 Å². The maximum Gasteiger partial charge on any atom is 0.338 e. The van der Waals surface area contributed by atoms with Gasteiger partial charge in [0.1, 0.15) is 29.6 Å². The summed E-state index contributed by atoms with van der Waals surface area (Å²) >= 11 is 0. The van der Waals surface area contributed by atoms with Crippen molar-refractivity contribution in [1.29, 1.82) is 0 Å². The minimum Gasteiger partial charge on any atom is -0.461 e. The molecule has 1 saturated carbocycles. The van der Waals surface area contributed by atoms with E-state index in [1.54, 1.807) is 62.1 Å². The van der Waals surface area contributed by atoms with Crippen LogP contribution < -0.4 is 0 Å². The summed E-state index contributed by atoms with van der Waals surface area (Å²) in [6, 6.07) is 8.16. The lowest BCUT2D eigenvalue weighted by Gasteiger charge is -2.51. The Bertz CT molecular complexity index is 1340. The smallest absolute Gasteiger partial charge is 0.338 e. The number of rotatable bonds is 6. The highest BCUT2D eigenvalue weighted by atomic mass is 16.6. The zero-order valence-corrected chi connectivity index (χ0v) is 21.9. The highest BCUT2D eigenvalue weighted by Gasteiger charge is 2.93. The second-order valence-corrected chi connectivity index (χ2v) is 11.8. The number of aliphatic hydroxyl groups is 1. The fourth-order valence-corrected chi connectivity index (χ4v) is 7.32. The van der Waals surface area contributed by atoms with Crippen molar-refractivity contribution < 1.29 is 38.5 Å². The topological polar surface area (TPSA) is 150 Å². The summed E-state index contributed by atoms with van der Waals surface area (Å²) in [7, 11) is 0. The zero-order valence-electron chi connectivity index (χ0n) is 21.9. The van der Waals surface area contributed by atoms with Gasteiger partial charge in [0.05, 0.1) is 17.6 Å². The van der Waals surface area contributed by atoms with Gasteiger partial charge in [-0.1, -0.05) is 39.0 Å². The molecule has 2 aromatic rings. The van der Waals surface area contributed by atoms with Crippen LogP contribution in [0.3, 0.4) is 0 Å². The van der Waals surface area contributed by atoms with Crippen molar-refractivity contribution in [2.45, 2.75) is 70.6 Å². The van der Waals surface area contributed by atoms with E-state index in [0.717, 1.165) is 0 Å². The molecule has 4 fully saturated rings. The number of carbonyl (C=O) groups excluding carboxylic acids is 4. The summed E-state index contributed by atoms with van der Waals surface area (Å²) < 4.78 is 19.1. The Balaban J connectivity index is 1.49. The molecule has 1 amide bonds.